The minimum Gasteiger partial charge on any atom is -0.325 e. The van der Waals surface area contributed by atoms with Crippen molar-refractivity contribution in [1.29, 1.82) is 0 Å². The van der Waals surface area contributed by atoms with Gasteiger partial charge in [0.25, 0.3) is 0 Å². The first-order chi connectivity index (χ1) is 11.2. The van der Waals surface area contributed by atoms with Gasteiger partial charge in [-0.15, -0.1) is 24.2 Å². The number of carbonyl (C=O) groups excluding carboxylic acids is 1. The molecule has 1 aromatic carbocycles. The maximum atomic E-state index is 12.0. The molecule has 2 rings (SSSR count). The molecular formula is C17H22ClN3OS2. The van der Waals surface area contributed by atoms with Crippen molar-refractivity contribution in [2.24, 2.45) is 5.73 Å². The van der Waals surface area contributed by atoms with E-state index in [0.29, 0.717) is 6.42 Å². The molecular weight excluding hydrogens is 362 g/mol. The number of anilines is 1. The summed E-state index contributed by atoms with van der Waals surface area (Å²) >= 11 is 3.36. The Hall–Kier alpha value is -1.21. The number of pyridine rings is 1. The van der Waals surface area contributed by atoms with Gasteiger partial charge in [-0.25, -0.2) is 4.98 Å². The Morgan fingerprint density at radius 3 is 2.83 bits per heavy atom. The summed E-state index contributed by atoms with van der Waals surface area (Å²) < 4.78 is 0. The Morgan fingerprint density at radius 2 is 2.12 bits per heavy atom. The van der Waals surface area contributed by atoms with E-state index in [2.05, 4.69) is 10.3 Å². The zero-order chi connectivity index (χ0) is 16.5. The van der Waals surface area contributed by atoms with E-state index in [4.69, 9.17) is 5.73 Å². The molecule has 0 saturated carbocycles. The zero-order valence-corrected chi connectivity index (χ0v) is 15.9. The van der Waals surface area contributed by atoms with E-state index in [1.165, 1.54) is 0 Å². The van der Waals surface area contributed by atoms with Gasteiger partial charge in [0.05, 0.1) is 11.1 Å². The van der Waals surface area contributed by atoms with E-state index >= 15 is 0 Å². The minimum absolute atomic E-state index is 0. The summed E-state index contributed by atoms with van der Waals surface area (Å²) in [4.78, 5) is 16.3. The van der Waals surface area contributed by atoms with Gasteiger partial charge in [0.2, 0.25) is 5.91 Å². The second-order valence-corrected chi connectivity index (χ2v) is 7.02. The zero-order valence-electron chi connectivity index (χ0n) is 13.5. The van der Waals surface area contributed by atoms with Crippen molar-refractivity contribution in [2.75, 3.05) is 17.3 Å². The number of aromatic nitrogens is 1. The van der Waals surface area contributed by atoms with Crippen molar-refractivity contribution < 1.29 is 4.79 Å². The highest BCUT2D eigenvalue weighted by atomic mass is 35.5. The summed E-state index contributed by atoms with van der Waals surface area (Å²) in [7, 11) is 0. The average molecular weight is 384 g/mol. The predicted octanol–water partition coefficient (Wildman–Crippen LogP) is 3.81. The lowest BCUT2D eigenvalue weighted by molar-refractivity contribution is -0.117. The third-order valence-electron chi connectivity index (χ3n) is 3.19. The van der Waals surface area contributed by atoms with E-state index in [1.54, 1.807) is 29.7 Å². The van der Waals surface area contributed by atoms with Crippen LogP contribution in [0.1, 0.15) is 12.0 Å². The van der Waals surface area contributed by atoms with E-state index < -0.39 is 6.04 Å². The Balaban J connectivity index is 0.00000288. The van der Waals surface area contributed by atoms with Crippen LogP contribution in [0, 0.1) is 0 Å². The van der Waals surface area contributed by atoms with Crippen molar-refractivity contribution in [3.05, 3.63) is 54.2 Å². The summed E-state index contributed by atoms with van der Waals surface area (Å²) in [5, 5.41) is 3.88. The number of nitrogens with two attached hydrogens (primary N) is 1. The van der Waals surface area contributed by atoms with E-state index in [1.807, 2.05) is 48.7 Å². The highest BCUT2D eigenvalue weighted by Gasteiger charge is 2.13. The van der Waals surface area contributed by atoms with Crippen LogP contribution in [0.5, 0.6) is 0 Å². The van der Waals surface area contributed by atoms with E-state index in [0.717, 1.165) is 27.8 Å². The molecule has 3 N–H and O–H groups in total. The molecule has 0 radical (unpaired) electrons. The van der Waals surface area contributed by atoms with Crippen LogP contribution < -0.4 is 11.1 Å². The van der Waals surface area contributed by atoms with E-state index in [-0.39, 0.29) is 18.3 Å². The third-order valence-corrected chi connectivity index (χ3v) is 4.85. The lowest BCUT2D eigenvalue weighted by atomic mass is 10.2. The third kappa shape index (κ3) is 7.13. The van der Waals surface area contributed by atoms with Crippen molar-refractivity contribution in [3.8, 4) is 0 Å². The van der Waals surface area contributed by atoms with Gasteiger partial charge >= 0.3 is 0 Å². The number of amides is 1. The van der Waals surface area contributed by atoms with Gasteiger partial charge in [-0.2, -0.15) is 11.8 Å². The van der Waals surface area contributed by atoms with Gasteiger partial charge in [0.1, 0.15) is 0 Å². The van der Waals surface area contributed by atoms with Crippen LogP contribution in [0.3, 0.4) is 0 Å². The maximum Gasteiger partial charge on any atom is 0.241 e. The molecule has 1 heterocycles. The highest BCUT2D eigenvalue weighted by molar-refractivity contribution is 7.98. The van der Waals surface area contributed by atoms with Crippen LogP contribution in [0.15, 0.2) is 53.7 Å². The van der Waals surface area contributed by atoms with Gasteiger partial charge in [0, 0.05) is 17.6 Å². The summed E-state index contributed by atoms with van der Waals surface area (Å²) in [5.41, 5.74) is 7.81. The maximum absolute atomic E-state index is 12.0. The number of nitrogens with zero attached hydrogens (tertiary/aromatic N) is 1. The molecule has 2 aromatic rings. The molecule has 1 aromatic heterocycles. The number of thioether (sulfide) groups is 2. The smallest absolute Gasteiger partial charge is 0.241 e. The molecule has 0 bridgehead atoms. The molecule has 1 amide bonds. The molecule has 0 spiro atoms. The lowest BCUT2D eigenvalue weighted by Crippen LogP contribution is -2.36. The Kier molecular flexibility index (Phi) is 9.86. The number of benzene rings is 1. The van der Waals surface area contributed by atoms with Crippen LogP contribution in [-0.2, 0) is 10.5 Å². The fraction of sp³-hybridized carbons (Fsp3) is 0.294. The van der Waals surface area contributed by atoms with Gasteiger partial charge in [0.15, 0.2) is 0 Å². The molecule has 0 aliphatic carbocycles. The van der Waals surface area contributed by atoms with Crippen LogP contribution in [-0.4, -0.2) is 28.9 Å². The second-order valence-electron chi connectivity index (χ2n) is 5.03. The summed E-state index contributed by atoms with van der Waals surface area (Å²) in [5.74, 6) is 1.56. The lowest BCUT2D eigenvalue weighted by Gasteiger charge is -2.12. The largest absolute Gasteiger partial charge is 0.325 e. The van der Waals surface area contributed by atoms with E-state index in [9.17, 15) is 4.79 Å². The first-order valence-electron chi connectivity index (χ1n) is 7.37. The number of hydrogen-bond acceptors (Lipinski definition) is 5. The van der Waals surface area contributed by atoms with Crippen molar-refractivity contribution >= 4 is 47.5 Å². The Morgan fingerprint density at radius 1 is 1.29 bits per heavy atom. The number of carbonyl (C=O) groups is 1. The van der Waals surface area contributed by atoms with Crippen LogP contribution in [0.25, 0.3) is 0 Å². The summed E-state index contributed by atoms with van der Waals surface area (Å²) in [6.45, 7) is 0. The molecule has 1 atom stereocenters. The molecule has 0 saturated heterocycles. The molecule has 0 aliphatic rings. The molecule has 0 fully saturated rings. The molecule has 24 heavy (non-hydrogen) atoms. The number of rotatable bonds is 8. The highest BCUT2D eigenvalue weighted by Crippen LogP contribution is 2.22. The average Bonchev–Trinajstić information content (AvgIpc) is 2.59. The number of hydrogen-bond donors (Lipinski definition) is 2. The normalized spacial score (nSPS) is 11.4. The standard InChI is InChI=1S/C17H21N3OS2.ClH/c1-22-10-8-15(18)17(21)20-14-6-4-5-13(11-14)12-23-16-7-2-3-9-19-16;/h2-7,9,11,15H,8,10,12,18H2,1H3,(H,20,21);1H. The second kappa shape index (κ2) is 11.4. The number of nitrogens with one attached hydrogen (secondary N) is 1. The SMILES string of the molecule is CSCCC(N)C(=O)Nc1cccc(CSc2ccccn2)c1.Cl. The first kappa shape index (κ1) is 20.8. The summed E-state index contributed by atoms with van der Waals surface area (Å²) in [6, 6.07) is 13.2. The van der Waals surface area contributed by atoms with Gasteiger partial charge in [-0.3, -0.25) is 4.79 Å². The Labute approximate surface area is 157 Å². The molecule has 0 aliphatic heterocycles. The van der Waals surface area contributed by atoms with Gasteiger partial charge in [-0.1, -0.05) is 18.2 Å². The molecule has 7 heteroatoms. The molecule has 1 unspecified atom stereocenters. The molecule has 4 nitrogen and oxygen atoms in total. The number of halogens is 1. The monoisotopic (exact) mass is 383 g/mol. The van der Waals surface area contributed by atoms with Crippen LogP contribution in [0.4, 0.5) is 5.69 Å². The van der Waals surface area contributed by atoms with Crippen molar-refractivity contribution in [1.82, 2.24) is 4.98 Å². The van der Waals surface area contributed by atoms with Gasteiger partial charge < -0.3 is 11.1 Å². The fourth-order valence-electron chi connectivity index (χ4n) is 1.94. The predicted molar refractivity (Wildman–Crippen MR) is 107 cm³/mol. The van der Waals surface area contributed by atoms with Crippen molar-refractivity contribution in [3.63, 3.8) is 0 Å². The first-order valence-corrected chi connectivity index (χ1v) is 9.75. The fourth-order valence-corrected chi connectivity index (χ4v) is 3.23. The minimum atomic E-state index is -0.464. The van der Waals surface area contributed by atoms with Crippen LogP contribution in [0.2, 0.25) is 0 Å². The van der Waals surface area contributed by atoms with Crippen molar-refractivity contribution in [2.45, 2.75) is 23.2 Å². The molecule has 130 valence electrons. The van der Waals surface area contributed by atoms with Crippen LogP contribution >= 0.6 is 35.9 Å². The Bertz CT molecular complexity index is 628. The summed E-state index contributed by atoms with van der Waals surface area (Å²) in [6.07, 6.45) is 4.48. The topological polar surface area (TPSA) is 68.0 Å². The van der Waals surface area contributed by atoms with Gasteiger partial charge in [-0.05, 0) is 48.3 Å². The quantitative estimate of drug-likeness (QED) is 0.678.